The molecule has 0 radical (unpaired) electrons. The van der Waals surface area contributed by atoms with Gasteiger partial charge >= 0.3 is 0 Å². The van der Waals surface area contributed by atoms with Crippen LogP contribution in [-0.4, -0.2) is 29.8 Å². The van der Waals surface area contributed by atoms with Gasteiger partial charge in [0.2, 0.25) is 0 Å². The van der Waals surface area contributed by atoms with Crippen LogP contribution in [0.3, 0.4) is 0 Å². The van der Waals surface area contributed by atoms with E-state index < -0.39 is 0 Å². The van der Waals surface area contributed by atoms with Crippen molar-refractivity contribution in [2.45, 2.75) is 0 Å². The highest BCUT2D eigenvalue weighted by molar-refractivity contribution is 6.04. The predicted octanol–water partition coefficient (Wildman–Crippen LogP) is 0.981. The maximum Gasteiger partial charge on any atom is 0.255 e. The molecule has 1 aromatic heterocycles. The number of hydrogen-bond donors (Lipinski definition) is 3. The van der Waals surface area contributed by atoms with Gasteiger partial charge in [0.1, 0.15) is 5.75 Å². The lowest BCUT2D eigenvalue weighted by Crippen LogP contribution is -2.11. The molecule has 6 heteroatoms. The van der Waals surface area contributed by atoms with Crippen LogP contribution in [0.15, 0.2) is 30.6 Å². The number of methoxy groups -OCH3 is 1. The Kier molecular flexibility index (Phi) is 4.37. The average molecular weight is 270 g/mol. The first-order valence-electron chi connectivity index (χ1n) is 5.91. The number of nitrogens with zero attached hydrogens (tertiary/aromatic N) is 1. The summed E-state index contributed by atoms with van der Waals surface area (Å²) in [6.45, 7) is 0.245. The summed E-state index contributed by atoms with van der Waals surface area (Å²) in [5.74, 6) is 5.98. The summed E-state index contributed by atoms with van der Waals surface area (Å²) in [7, 11) is 1.55. The number of nitrogens with two attached hydrogens (primary N) is 1. The third kappa shape index (κ3) is 3.16. The molecule has 0 saturated heterocycles. The minimum Gasteiger partial charge on any atom is -0.495 e. The van der Waals surface area contributed by atoms with Crippen LogP contribution < -0.4 is 15.8 Å². The molecule has 6 nitrogen and oxygen atoms in total. The van der Waals surface area contributed by atoms with Crippen molar-refractivity contribution in [3.63, 3.8) is 0 Å². The molecule has 0 unspecified atom stereocenters. The maximum atomic E-state index is 12.1. The monoisotopic (exact) mass is 270 g/mol. The molecule has 0 aliphatic carbocycles. The van der Waals surface area contributed by atoms with Gasteiger partial charge < -0.3 is 15.8 Å². The first-order valence-corrected chi connectivity index (χ1v) is 5.91. The Morgan fingerprint density at radius 2 is 2.40 bits per heavy atom. The summed E-state index contributed by atoms with van der Waals surface area (Å²) in [5, 5.41) is 9.09. The lowest BCUT2D eigenvalue weighted by molar-refractivity contribution is 0.102. The second-order valence-corrected chi connectivity index (χ2v) is 3.86. The third-order valence-corrected chi connectivity index (χ3v) is 2.54. The standard InChI is InChI=1S/C14H14N4O2/c1-20-13-5-4-11(7-10(13)3-2-6-15)14(19)18-12-8-16-17-9-12/h4-5,7-9H,6,15H2,1H3,(H,16,17)(H,18,19). The number of amides is 1. The molecule has 0 fully saturated rings. The van der Waals surface area contributed by atoms with E-state index in [4.69, 9.17) is 10.5 Å². The number of benzene rings is 1. The molecule has 0 saturated carbocycles. The summed E-state index contributed by atoms with van der Waals surface area (Å²) < 4.78 is 5.19. The summed E-state index contributed by atoms with van der Waals surface area (Å²) in [5.41, 5.74) is 7.05. The van der Waals surface area contributed by atoms with Crippen LogP contribution in [0.5, 0.6) is 5.75 Å². The van der Waals surface area contributed by atoms with Crippen LogP contribution in [0.2, 0.25) is 0 Å². The summed E-state index contributed by atoms with van der Waals surface area (Å²) in [6.07, 6.45) is 3.12. The molecule has 2 rings (SSSR count). The number of H-pyrrole nitrogens is 1. The molecule has 0 aliphatic rings. The van der Waals surface area contributed by atoms with Crippen molar-refractivity contribution in [2.24, 2.45) is 5.73 Å². The van der Waals surface area contributed by atoms with Gasteiger partial charge in [0, 0.05) is 11.8 Å². The van der Waals surface area contributed by atoms with Crippen molar-refractivity contribution in [2.75, 3.05) is 19.0 Å². The fraction of sp³-hybridized carbons (Fsp3) is 0.143. The zero-order chi connectivity index (χ0) is 14.4. The Morgan fingerprint density at radius 3 is 3.05 bits per heavy atom. The van der Waals surface area contributed by atoms with Crippen LogP contribution in [0, 0.1) is 11.8 Å². The molecular weight excluding hydrogens is 256 g/mol. The highest BCUT2D eigenvalue weighted by Crippen LogP contribution is 2.19. The fourth-order valence-electron chi connectivity index (χ4n) is 1.62. The predicted molar refractivity (Wildman–Crippen MR) is 75.5 cm³/mol. The van der Waals surface area contributed by atoms with E-state index in [1.165, 1.54) is 6.20 Å². The van der Waals surface area contributed by atoms with E-state index in [0.29, 0.717) is 22.6 Å². The van der Waals surface area contributed by atoms with E-state index in [2.05, 4.69) is 27.4 Å². The van der Waals surface area contributed by atoms with E-state index in [1.54, 1.807) is 31.5 Å². The van der Waals surface area contributed by atoms with Gasteiger partial charge in [-0.15, -0.1) is 0 Å². The first-order chi connectivity index (χ1) is 9.74. The minimum absolute atomic E-state index is 0.245. The van der Waals surface area contributed by atoms with Crippen molar-refractivity contribution < 1.29 is 9.53 Å². The Balaban J connectivity index is 2.26. The van der Waals surface area contributed by atoms with Crippen LogP contribution in [0.1, 0.15) is 15.9 Å². The molecular formula is C14H14N4O2. The van der Waals surface area contributed by atoms with E-state index in [-0.39, 0.29) is 12.5 Å². The summed E-state index contributed by atoms with van der Waals surface area (Å²) in [4.78, 5) is 12.1. The smallest absolute Gasteiger partial charge is 0.255 e. The van der Waals surface area contributed by atoms with E-state index in [1.807, 2.05) is 0 Å². The van der Waals surface area contributed by atoms with Gasteiger partial charge in [0.25, 0.3) is 5.91 Å². The van der Waals surface area contributed by atoms with Gasteiger partial charge in [0.15, 0.2) is 0 Å². The Hall–Kier alpha value is -2.78. The van der Waals surface area contributed by atoms with Crippen molar-refractivity contribution in [3.05, 3.63) is 41.7 Å². The first kappa shape index (κ1) is 13.6. The molecule has 0 bridgehead atoms. The van der Waals surface area contributed by atoms with Crippen LogP contribution >= 0.6 is 0 Å². The summed E-state index contributed by atoms with van der Waals surface area (Å²) in [6, 6.07) is 5.03. The van der Waals surface area contributed by atoms with Gasteiger partial charge in [-0.1, -0.05) is 11.8 Å². The third-order valence-electron chi connectivity index (χ3n) is 2.54. The van der Waals surface area contributed by atoms with Gasteiger partial charge in [-0.25, -0.2) is 0 Å². The van der Waals surface area contributed by atoms with Crippen LogP contribution in [0.25, 0.3) is 0 Å². The van der Waals surface area contributed by atoms with Gasteiger partial charge in [-0.2, -0.15) is 5.10 Å². The molecule has 1 amide bonds. The molecule has 1 heterocycles. The number of aromatic nitrogens is 2. The van der Waals surface area contributed by atoms with Gasteiger partial charge in [-0.3, -0.25) is 9.89 Å². The Labute approximate surface area is 116 Å². The molecule has 0 aliphatic heterocycles. The molecule has 2 aromatic rings. The van der Waals surface area contributed by atoms with Gasteiger partial charge in [0.05, 0.1) is 31.1 Å². The summed E-state index contributed by atoms with van der Waals surface area (Å²) >= 11 is 0. The van der Waals surface area contributed by atoms with Crippen molar-refractivity contribution in [1.29, 1.82) is 0 Å². The molecule has 0 spiro atoms. The molecule has 102 valence electrons. The number of anilines is 1. The lowest BCUT2D eigenvalue weighted by Gasteiger charge is -2.06. The van der Waals surface area contributed by atoms with E-state index in [0.717, 1.165) is 0 Å². The zero-order valence-corrected chi connectivity index (χ0v) is 10.9. The zero-order valence-electron chi connectivity index (χ0n) is 10.9. The highest BCUT2D eigenvalue weighted by atomic mass is 16.5. The number of aromatic amines is 1. The second kappa shape index (κ2) is 6.41. The minimum atomic E-state index is -0.246. The van der Waals surface area contributed by atoms with Crippen molar-refractivity contribution >= 4 is 11.6 Å². The topological polar surface area (TPSA) is 93.0 Å². The highest BCUT2D eigenvalue weighted by Gasteiger charge is 2.10. The molecule has 4 N–H and O–H groups in total. The fourth-order valence-corrected chi connectivity index (χ4v) is 1.62. The van der Waals surface area contributed by atoms with Crippen LogP contribution in [0.4, 0.5) is 5.69 Å². The number of rotatable bonds is 3. The Bertz CT molecular complexity index is 654. The second-order valence-electron chi connectivity index (χ2n) is 3.86. The number of hydrogen-bond acceptors (Lipinski definition) is 4. The van der Waals surface area contributed by atoms with E-state index >= 15 is 0 Å². The van der Waals surface area contributed by atoms with Crippen molar-refractivity contribution in [3.8, 4) is 17.6 Å². The SMILES string of the molecule is COc1ccc(C(=O)Nc2cn[nH]c2)cc1C#CCN. The van der Waals surface area contributed by atoms with Crippen molar-refractivity contribution in [1.82, 2.24) is 10.2 Å². The average Bonchev–Trinajstić information content (AvgIpc) is 2.97. The lowest BCUT2D eigenvalue weighted by atomic mass is 10.1. The number of ether oxygens (including phenoxy) is 1. The number of carbonyl (C=O) groups excluding carboxylic acids is 1. The molecule has 0 atom stereocenters. The number of carbonyl (C=O) groups is 1. The Morgan fingerprint density at radius 1 is 1.55 bits per heavy atom. The van der Waals surface area contributed by atoms with Gasteiger partial charge in [-0.05, 0) is 18.2 Å². The molecule has 1 aromatic carbocycles. The van der Waals surface area contributed by atoms with E-state index in [9.17, 15) is 4.79 Å². The molecule has 20 heavy (non-hydrogen) atoms. The van der Waals surface area contributed by atoms with Crippen LogP contribution in [-0.2, 0) is 0 Å². The largest absolute Gasteiger partial charge is 0.495 e. The quantitative estimate of drug-likeness (QED) is 0.725. The number of nitrogens with one attached hydrogen (secondary N) is 2. The normalized spacial score (nSPS) is 9.50. The maximum absolute atomic E-state index is 12.1.